The summed E-state index contributed by atoms with van der Waals surface area (Å²) in [5, 5.41) is 31.2. The number of carbonyl (C=O) groups excluding carboxylic acids is 2. The number of para-hydroxylation sites is 2. The number of nitrogens with one attached hydrogen (secondary N) is 2. The molecule has 1 aliphatic heterocycles. The highest BCUT2D eigenvalue weighted by Gasteiger charge is 2.61. The monoisotopic (exact) mass is 770 g/mol. The summed E-state index contributed by atoms with van der Waals surface area (Å²) in [6.07, 6.45) is 0.994. The van der Waals surface area contributed by atoms with Gasteiger partial charge in [0, 0.05) is 40.8 Å². The van der Waals surface area contributed by atoms with Crippen molar-refractivity contribution >= 4 is 51.4 Å². The number of hydrogen-bond donors (Lipinski definition) is 3. The predicted molar refractivity (Wildman–Crippen MR) is 210 cm³/mol. The van der Waals surface area contributed by atoms with Crippen LogP contribution in [0.4, 0.5) is 11.4 Å². The van der Waals surface area contributed by atoms with Gasteiger partial charge >= 0.3 is 5.97 Å². The molecule has 0 bridgehead atoms. The fourth-order valence-corrected chi connectivity index (χ4v) is 8.02. The molecule has 0 spiro atoms. The van der Waals surface area contributed by atoms with E-state index in [4.69, 9.17) is 19.4 Å². The van der Waals surface area contributed by atoms with Crippen LogP contribution < -0.4 is 20.1 Å². The number of nitro groups is 1. The van der Waals surface area contributed by atoms with E-state index in [1.54, 1.807) is 13.2 Å². The summed E-state index contributed by atoms with van der Waals surface area (Å²) in [4.78, 5) is 63.9. The molecule has 2 aromatic heterocycles. The van der Waals surface area contributed by atoms with Crippen LogP contribution in [0.3, 0.4) is 0 Å². The minimum Gasteiger partial charge on any atom is -0.496 e. The Kier molecular flexibility index (Phi) is 10.6. The number of pyridine rings is 1. The first-order valence-electron chi connectivity index (χ1n) is 18.1. The number of aromatic nitrogens is 2. The van der Waals surface area contributed by atoms with Crippen molar-refractivity contribution in [3.63, 3.8) is 0 Å². The van der Waals surface area contributed by atoms with Crippen molar-refractivity contribution in [2.45, 2.75) is 84.0 Å². The smallest absolute Gasteiger partial charge is 0.330 e. The Balaban J connectivity index is 1.40. The molecule has 5 atom stereocenters. The number of benzene rings is 2. The molecule has 3 heterocycles. The van der Waals surface area contributed by atoms with E-state index in [-0.39, 0.29) is 36.7 Å². The Morgan fingerprint density at radius 3 is 2.49 bits per heavy atom. The number of thiazole rings is 1. The van der Waals surface area contributed by atoms with Crippen LogP contribution in [0, 0.1) is 28.4 Å². The van der Waals surface area contributed by atoms with E-state index in [2.05, 4.69) is 31.1 Å². The van der Waals surface area contributed by atoms with Gasteiger partial charge in [0.1, 0.15) is 51.6 Å². The van der Waals surface area contributed by atoms with Crippen LogP contribution in [-0.4, -0.2) is 80.1 Å². The van der Waals surface area contributed by atoms with Crippen LogP contribution in [0.5, 0.6) is 11.5 Å². The second-order valence-corrected chi connectivity index (χ2v) is 16.4. The van der Waals surface area contributed by atoms with Crippen LogP contribution in [-0.2, 0) is 14.4 Å². The third-order valence-corrected chi connectivity index (χ3v) is 11.3. The van der Waals surface area contributed by atoms with Gasteiger partial charge in [-0.3, -0.25) is 19.7 Å². The first-order valence-corrected chi connectivity index (χ1v) is 19.0. The van der Waals surface area contributed by atoms with Crippen molar-refractivity contribution in [2.75, 3.05) is 19.0 Å². The number of aliphatic carboxylic acids is 1. The van der Waals surface area contributed by atoms with Gasteiger partial charge in [-0.05, 0) is 42.9 Å². The van der Waals surface area contributed by atoms with Crippen molar-refractivity contribution in [1.82, 2.24) is 20.2 Å². The summed E-state index contributed by atoms with van der Waals surface area (Å²) in [5.41, 5.74) is 0.574. The lowest BCUT2D eigenvalue weighted by atomic mass is 9.85. The molecule has 2 aromatic carbocycles. The number of carboxylic acid groups (broad SMARTS) is 1. The van der Waals surface area contributed by atoms with E-state index in [0.717, 1.165) is 11.3 Å². The van der Waals surface area contributed by atoms with Gasteiger partial charge in [0.05, 0.1) is 29.8 Å². The van der Waals surface area contributed by atoms with Crippen molar-refractivity contribution in [2.24, 2.45) is 11.3 Å². The molecule has 2 fully saturated rings. The van der Waals surface area contributed by atoms with Gasteiger partial charge in [-0.1, -0.05) is 52.8 Å². The zero-order chi connectivity index (χ0) is 40.0. The minimum atomic E-state index is -1.53. The number of fused-ring (bicyclic) bond motifs is 1. The van der Waals surface area contributed by atoms with Gasteiger partial charge in [-0.15, -0.1) is 17.9 Å². The molecule has 290 valence electrons. The molecular weight excluding hydrogens is 725 g/mol. The summed E-state index contributed by atoms with van der Waals surface area (Å²) in [7, 11) is 1.59. The summed E-state index contributed by atoms with van der Waals surface area (Å²) in [5.74, 6) is -1.49. The van der Waals surface area contributed by atoms with E-state index in [1.807, 2.05) is 51.3 Å². The number of amides is 2. The highest BCUT2D eigenvalue weighted by atomic mass is 32.1. The third-order valence-electron chi connectivity index (χ3n) is 10.4. The summed E-state index contributed by atoms with van der Waals surface area (Å²) in [6, 6.07) is 9.37. The summed E-state index contributed by atoms with van der Waals surface area (Å²) >= 11 is 1.47. The minimum absolute atomic E-state index is 0.0317. The number of aryl methyl sites for hydroxylation is 1. The van der Waals surface area contributed by atoms with E-state index < -0.39 is 57.8 Å². The fourth-order valence-electron chi connectivity index (χ4n) is 7.07. The molecule has 1 aliphatic carbocycles. The molecule has 6 rings (SSSR count). The second-order valence-electron chi connectivity index (χ2n) is 15.5. The number of ether oxygens (including phenoxy) is 2. The topological polar surface area (TPSA) is 186 Å². The maximum absolute atomic E-state index is 14.7. The van der Waals surface area contributed by atoms with Gasteiger partial charge in [0.2, 0.25) is 11.8 Å². The largest absolute Gasteiger partial charge is 0.496 e. The lowest BCUT2D eigenvalue weighted by molar-refractivity contribution is -0.384. The first-order chi connectivity index (χ1) is 26.0. The van der Waals surface area contributed by atoms with Crippen molar-refractivity contribution in [1.29, 1.82) is 0 Å². The standard InChI is InChI=1S/C40H46N6O8S/c1-9-23-18-40(23,38(49)50)44-35(47)30-16-24(19-45(30)37(48)34(39(5,6)7)42-26-12-10-11-13-29(26)46(51)52)54-32-17-27(36-43-28(20-55-36)21(2)3)41-33-22(4)31(53-8)15-14-25(32)33/h9-15,17,20-21,23-24,30,34,42H,1,16,18-19H2,2-8H3,(H,44,47)(H,49,50)/t23-,24-,30+,34-,40-/m1/s1. The molecule has 1 saturated heterocycles. The molecule has 1 saturated carbocycles. The number of anilines is 1. The average molecular weight is 771 g/mol. The van der Waals surface area contributed by atoms with E-state index in [1.165, 1.54) is 40.5 Å². The zero-order valence-corrected chi connectivity index (χ0v) is 32.7. The third kappa shape index (κ3) is 7.57. The van der Waals surface area contributed by atoms with Crippen LogP contribution >= 0.6 is 11.3 Å². The molecule has 15 heteroatoms. The lowest BCUT2D eigenvalue weighted by Crippen LogP contribution is -2.56. The van der Waals surface area contributed by atoms with Gasteiger partial charge in [-0.2, -0.15) is 0 Å². The first kappa shape index (κ1) is 39.1. The normalized spacial score (nSPS) is 21.2. The summed E-state index contributed by atoms with van der Waals surface area (Å²) in [6.45, 7) is 15.2. The average Bonchev–Trinajstić information content (AvgIpc) is 3.42. The number of nitro benzene ring substituents is 1. The second kappa shape index (κ2) is 14.9. The molecule has 14 nitrogen and oxygen atoms in total. The van der Waals surface area contributed by atoms with Crippen LogP contribution in [0.25, 0.3) is 21.6 Å². The number of methoxy groups -OCH3 is 1. The van der Waals surface area contributed by atoms with Gasteiger partial charge in [-0.25, -0.2) is 14.8 Å². The van der Waals surface area contributed by atoms with Crippen LogP contribution in [0.1, 0.15) is 64.6 Å². The molecule has 0 radical (unpaired) electrons. The van der Waals surface area contributed by atoms with Crippen molar-refractivity contribution in [3.8, 4) is 22.2 Å². The maximum Gasteiger partial charge on any atom is 0.330 e. The number of nitrogens with zero attached hydrogens (tertiary/aromatic N) is 4. The van der Waals surface area contributed by atoms with Crippen molar-refractivity contribution in [3.05, 3.63) is 81.9 Å². The van der Waals surface area contributed by atoms with Gasteiger partial charge < -0.3 is 30.1 Å². The maximum atomic E-state index is 14.7. The lowest BCUT2D eigenvalue weighted by Gasteiger charge is -2.36. The summed E-state index contributed by atoms with van der Waals surface area (Å²) < 4.78 is 12.3. The van der Waals surface area contributed by atoms with E-state index in [0.29, 0.717) is 33.1 Å². The SMILES string of the molecule is C=C[C@@H]1C[C@]1(NC(=O)[C@@H]1C[C@@H](Oc2cc(-c3nc(C(C)C)cs3)nc3c(C)c(OC)ccc23)CN1C(=O)[C@@H](Nc1ccccc1[N+](=O)[O-])C(C)(C)C)C(=O)O. The Morgan fingerprint density at radius 2 is 1.89 bits per heavy atom. The highest BCUT2D eigenvalue weighted by Crippen LogP contribution is 2.45. The number of carbonyl (C=O) groups is 3. The van der Waals surface area contributed by atoms with E-state index in [9.17, 15) is 29.6 Å². The Morgan fingerprint density at radius 1 is 1.16 bits per heavy atom. The van der Waals surface area contributed by atoms with Gasteiger partial charge in [0.25, 0.3) is 5.69 Å². The molecule has 55 heavy (non-hydrogen) atoms. The molecule has 2 aliphatic rings. The van der Waals surface area contributed by atoms with Gasteiger partial charge in [0.15, 0.2) is 0 Å². The van der Waals surface area contributed by atoms with Crippen LogP contribution in [0.2, 0.25) is 0 Å². The Bertz CT molecular complexity index is 2180. The predicted octanol–water partition coefficient (Wildman–Crippen LogP) is 6.73. The Labute approximate surface area is 323 Å². The molecular formula is C40H46N6O8S. The fraction of sp³-hybridized carbons (Fsp3) is 0.425. The van der Waals surface area contributed by atoms with Crippen LogP contribution in [0.15, 0.2) is 60.5 Å². The quantitative estimate of drug-likeness (QED) is 0.0744. The number of likely N-dealkylation sites (tertiary alicyclic amines) is 1. The molecule has 2 amide bonds. The molecule has 0 unspecified atom stereocenters. The zero-order valence-electron chi connectivity index (χ0n) is 31.9. The Hall–Kier alpha value is -5.57. The number of carboxylic acids is 1. The number of rotatable bonds is 13. The highest BCUT2D eigenvalue weighted by molar-refractivity contribution is 7.13. The van der Waals surface area contributed by atoms with Crippen molar-refractivity contribution < 1.29 is 33.9 Å². The molecule has 4 aromatic rings. The molecule has 3 N–H and O–H groups in total. The van der Waals surface area contributed by atoms with E-state index >= 15 is 0 Å². The number of hydrogen-bond acceptors (Lipinski definition) is 11.